The molecule has 1 N–H and O–H groups in total. The Morgan fingerprint density at radius 1 is 1.12 bits per heavy atom. The zero-order valence-corrected chi connectivity index (χ0v) is 15.3. The summed E-state index contributed by atoms with van der Waals surface area (Å²) < 4.78 is 7.13. The summed E-state index contributed by atoms with van der Waals surface area (Å²) >= 11 is 1.63. The number of carbonyl (C=O) groups is 1. The van der Waals surface area contributed by atoms with Crippen molar-refractivity contribution < 1.29 is 9.21 Å². The molecule has 1 amide bonds. The van der Waals surface area contributed by atoms with Crippen LogP contribution in [0.3, 0.4) is 0 Å². The minimum Gasteiger partial charge on any atom is -0.454 e. The van der Waals surface area contributed by atoms with Crippen LogP contribution in [0, 0.1) is 6.92 Å². The predicted molar refractivity (Wildman–Crippen MR) is 103 cm³/mol. The summed E-state index contributed by atoms with van der Waals surface area (Å²) in [5, 5.41) is 3.25. The molecule has 1 fully saturated rings. The fourth-order valence-electron chi connectivity index (χ4n) is 3.69. The quantitative estimate of drug-likeness (QED) is 0.594. The van der Waals surface area contributed by atoms with E-state index in [4.69, 9.17) is 4.42 Å². The zero-order valence-electron chi connectivity index (χ0n) is 14.5. The van der Waals surface area contributed by atoms with Gasteiger partial charge < -0.3 is 9.73 Å². The first-order valence-electron chi connectivity index (χ1n) is 9.11. The molecule has 1 aliphatic rings. The average molecular weight is 353 g/mol. The Bertz CT molecular complexity index is 870. The number of amides is 1. The fourth-order valence-corrected chi connectivity index (χ4v) is 4.71. The number of aryl methyl sites for hydroxylation is 1. The van der Waals surface area contributed by atoms with Gasteiger partial charge in [-0.05, 0) is 19.8 Å². The Morgan fingerprint density at radius 2 is 1.84 bits per heavy atom. The van der Waals surface area contributed by atoms with Crippen molar-refractivity contribution in [2.45, 2.75) is 51.5 Å². The molecular weight excluding hydrogens is 330 g/mol. The van der Waals surface area contributed by atoms with E-state index in [1.54, 1.807) is 11.3 Å². The Labute approximate surface area is 152 Å². The van der Waals surface area contributed by atoms with E-state index in [-0.39, 0.29) is 5.91 Å². The van der Waals surface area contributed by atoms with Crippen LogP contribution in [-0.4, -0.2) is 11.9 Å². The highest BCUT2D eigenvalue weighted by Crippen LogP contribution is 2.37. The van der Waals surface area contributed by atoms with E-state index in [0.29, 0.717) is 11.6 Å². The van der Waals surface area contributed by atoms with Gasteiger partial charge in [0.25, 0.3) is 5.91 Å². The van der Waals surface area contributed by atoms with E-state index in [1.165, 1.54) is 25.7 Å². The molecule has 1 aliphatic carbocycles. The van der Waals surface area contributed by atoms with Crippen LogP contribution in [0.1, 0.15) is 53.8 Å². The van der Waals surface area contributed by atoms with E-state index >= 15 is 0 Å². The van der Waals surface area contributed by atoms with E-state index in [0.717, 1.165) is 39.3 Å². The molecule has 130 valence electrons. The minimum atomic E-state index is 0.0182. The van der Waals surface area contributed by atoms with Crippen molar-refractivity contribution >= 4 is 27.5 Å². The van der Waals surface area contributed by atoms with Crippen molar-refractivity contribution in [2.24, 2.45) is 0 Å². The first kappa shape index (κ1) is 16.4. The molecule has 1 aromatic carbocycles. The second kappa shape index (κ2) is 7.04. The van der Waals surface area contributed by atoms with E-state index < -0.39 is 0 Å². The third-order valence-electron chi connectivity index (χ3n) is 5.02. The van der Waals surface area contributed by atoms with Crippen LogP contribution in [0.25, 0.3) is 21.6 Å². The molecule has 1 saturated carbocycles. The maximum absolute atomic E-state index is 12.9. The first-order valence-corrected chi connectivity index (χ1v) is 9.93. The molecule has 4 rings (SSSR count). The zero-order chi connectivity index (χ0) is 17.2. The molecule has 2 aromatic heterocycles. The van der Waals surface area contributed by atoms with Gasteiger partial charge in [-0.3, -0.25) is 4.79 Å². The van der Waals surface area contributed by atoms with Gasteiger partial charge in [-0.25, -0.2) is 0 Å². The summed E-state index contributed by atoms with van der Waals surface area (Å²) in [4.78, 5) is 13.9. The summed E-state index contributed by atoms with van der Waals surface area (Å²) in [6.07, 6.45) is 7.17. The number of hydrogen-bond donors (Lipinski definition) is 1. The Balaban J connectivity index is 1.63. The number of fused-ring (bicyclic) bond motifs is 1. The van der Waals surface area contributed by atoms with Crippen molar-refractivity contribution in [1.29, 1.82) is 0 Å². The number of carbonyl (C=O) groups excluding carboxylic acids is 1. The lowest BCUT2D eigenvalue weighted by Gasteiger charge is -2.16. The van der Waals surface area contributed by atoms with Gasteiger partial charge in [-0.2, -0.15) is 0 Å². The van der Waals surface area contributed by atoms with Gasteiger partial charge in [-0.1, -0.05) is 56.0 Å². The highest BCUT2D eigenvalue weighted by Gasteiger charge is 2.23. The van der Waals surface area contributed by atoms with Crippen LogP contribution in [0.15, 0.2) is 40.8 Å². The van der Waals surface area contributed by atoms with E-state index in [9.17, 15) is 4.79 Å². The van der Waals surface area contributed by atoms with Crippen LogP contribution < -0.4 is 5.32 Å². The number of benzene rings is 1. The standard InChI is InChI=1S/C21H23NO2S/c1-14-19(21(23)22-16-11-7-2-3-8-12-16)20-18(25-14)13-17(24-20)15-9-5-4-6-10-15/h4-6,9-10,13,16H,2-3,7-8,11-12H2,1H3,(H,22,23). The maximum Gasteiger partial charge on any atom is 0.256 e. The molecule has 3 aromatic rings. The normalized spacial score (nSPS) is 16.0. The van der Waals surface area contributed by atoms with Crippen molar-refractivity contribution in [3.05, 3.63) is 46.8 Å². The Morgan fingerprint density at radius 3 is 2.56 bits per heavy atom. The third kappa shape index (κ3) is 3.36. The number of rotatable bonds is 3. The van der Waals surface area contributed by atoms with Gasteiger partial charge >= 0.3 is 0 Å². The van der Waals surface area contributed by atoms with Crippen LogP contribution >= 0.6 is 11.3 Å². The van der Waals surface area contributed by atoms with Crippen LogP contribution in [0.2, 0.25) is 0 Å². The summed E-state index contributed by atoms with van der Waals surface area (Å²) in [6.45, 7) is 2.00. The molecule has 4 heteroatoms. The SMILES string of the molecule is Cc1sc2cc(-c3ccccc3)oc2c1C(=O)NC1CCCCCC1. The lowest BCUT2D eigenvalue weighted by molar-refractivity contribution is 0.0934. The van der Waals surface area contributed by atoms with Crippen LogP contribution in [-0.2, 0) is 0 Å². The first-order chi connectivity index (χ1) is 12.2. The second-order valence-electron chi connectivity index (χ2n) is 6.87. The molecule has 0 spiro atoms. The largest absolute Gasteiger partial charge is 0.454 e. The minimum absolute atomic E-state index is 0.0182. The van der Waals surface area contributed by atoms with Gasteiger partial charge in [-0.15, -0.1) is 11.3 Å². The van der Waals surface area contributed by atoms with Gasteiger partial charge in [0.15, 0.2) is 5.58 Å². The lowest BCUT2D eigenvalue weighted by atomic mass is 10.1. The topological polar surface area (TPSA) is 42.2 Å². The smallest absolute Gasteiger partial charge is 0.256 e. The monoisotopic (exact) mass is 353 g/mol. The molecule has 0 saturated heterocycles. The Hall–Kier alpha value is -2.07. The van der Waals surface area contributed by atoms with E-state index in [2.05, 4.69) is 5.32 Å². The predicted octanol–water partition coefficient (Wildman–Crippen LogP) is 5.92. The number of thiophene rings is 1. The summed E-state index contributed by atoms with van der Waals surface area (Å²) in [7, 11) is 0. The highest BCUT2D eigenvalue weighted by molar-refractivity contribution is 7.19. The van der Waals surface area contributed by atoms with Gasteiger partial charge in [0.1, 0.15) is 5.76 Å². The number of furan rings is 1. The lowest BCUT2D eigenvalue weighted by Crippen LogP contribution is -2.34. The fraction of sp³-hybridized carbons (Fsp3) is 0.381. The molecule has 0 bridgehead atoms. The van der Waals surface area contributed by atoms with Crippen LogP contribution in [0.4, 0.5) is 0 Å². The molecule has 0 radical (unpaired) electrons. The number of hydrogen-bond acceptors (Lipinski definition) is 3. The summed E-state index contributed by atoms with van der Waals surface area (Å²) in [5.74, 6) is 0.843. The van der Waals surface area contributed by atoms with Crippen molar-refractivity contribution in [3.63, 3.8) is 0 Å². The highest BCUT2D eigenvalue weighted by atomic mass is 32.1. The third-order valence-corrected chi connectivity index (χ3v) is 6.05. The van der Waals surface area contributed by atoms with Gasteiger partial charge in [0.05, 0.1) is 10.3 Å². The van der Waals surface area contributed by atoms with Crippen molar-refractivity contribution in [1.82, 2.24) is 5.32 Å². The average Bonchev–Trinajstić information content (AvgIpc) is 3.02. The molecule has 0 unspecified atom stereocenters. The van der Waals surface area contributed by atoms with Crippen LogP contribution in [0.5, 0.6) is 0 Å². The van der Waals surface area contributed by atoms with Crippen molar-refractivity contribution in [2.75, 3.05) is 0 Å². The summed E-state index contributed by atoms with van der Waals surface area (Å²) in [5.41, 5.74) is 2.48. The maximum atomic E-state index is 12.9. The molecule has 25 heavy (non-hydrogen) atoms. The molecule has 2 heterocycles. The second-order valence-corrected chi connectivity index (χ2v) is 8.12. The van der Waals surface area contributed by atoms with E-state index in [1.807, 2.05) is 43.3 Å². The molecule has 0 atom stereocenters. The van der Waals surface area contributed by atoms with Gasteiger partial charge in [0, 0.05) is 22.5 Å². The summed E-state index contributed by atoms with van der Waals surface area (Å²) in [6, 6.07) is 12.4. The molecule has 0 aliphatic heterocycles. The molecular formula is C21H23NO2S. The number of nitrogens with one attached hydrogen (secondary N) is 1. The Kier molecular flexibility index (Phi) is 4.62. The van der Waals surface area contributed by atoms with Gasteiger partial charge in [0.2, 0.25) is 0 Å². The van der Waals surface area contributed by atoms with Crippen molar-refractivity contribution in [3.8, 4) is 11.3 Å². The molecule has 3 nitrogen and oxygen atoms in total.